The van der Waals surface area contributed by atoms with Crippen molar-refractivity contribution >= 4 is 12.2 Å². The van der Waals surface area contributed by atoms with Crippen molar-refractivity contribution in [2.24, 2.45) is 5.92 Å². The van der Waals surface area contributed by atoms with Gasteiger partial charge in [0.25, 0.3) is 0 Å². The summed E-state index contributed by atoms with van der Waals surface area (Å²) in [6.45, 7) is 4.10. The Hall–Kier alpha value is -3.02. The molecular formula is C22H25NO5. The second kappa shape index (κ2) is 8.78. The number of carbonyl (C=O) groups excluding carboxylic acids is 1. The summed E-state index contributed by atoms with van der Waals surface area (Å²) in [5.74, 6) is 0.258. The summed E-state index contributed by atoms with van der Waals surface area (Å²) in [5.41, 5.74) is 4.62. The molecule has 2 aromatic rings. The molecule has 1 aliphatic rings. The zero-order valence-electron chi connectivity index (χ0n) is 16.1. The van der Waals surface area contributed by atoms with E-state index in [1.54, 1.807) is 0 Å². The zero-order chi connectivity index (χ0) is 20.1. The smallest absolute Gasteiger partial charge is 0.450 e. The van der Waals surface area contributed by atoms with Gasteiger partial charge < -0.3 is 19.9 Å². The highest BCUT2D eigenvalue weighted by atomic mass is 16.7. The predicted octanol–water partition coefficient (Wildman–Crippen LogP) is 4.63. The molecule has 0 heterocycles. The molecule has 0 radical (unpaired) electrons. The van der Waals surface area contributed by atoms with Crippen LogP contribution < -0.4 is 5.32 Å². The lowest BCUT2D eigenvalue weighted by molar-refractivity contribution is 0.0760. The molecule has 0 saturated heterocycles. The van der Waals surface area contributed by atoms with E-state index in [0.29, 0.717) is 6.42 Å². The maximum absolute atomic E-state index is 12.3. The van der Waals surface area contributed by atoms with E-state index in [-0.39, 0.29) is 25.0 Å². The highest BCUT2D eigenvalue weighted by Gasteiger charge is 2.29. The highest BCUT2D eigenvalue weighted by molar-refractivity contribution is 5.79. The van der Waals surface area contributed by atoms with Crippen LogP contribution >= 0.6 is 0 Å². The van der Waals surface area contributed by atoms with Crippen molar-refractivity contribution in [2.45, 2.75) is 32.2 Å². The fraction of sp³-hybridized carbons (Fsp3) is 0.364. The molecule has 1 amide bonds. The highest BCUT2D eigenvalue weighted by Crippen LogP contribution is 2.44. The molecule has 0 fully saturated rings. The average molecular weight is 383 g/mol. The van der Waals surface area contributed by atoms with Crippen LogP contribution in [0.5, 0.6) is 0 Å². The first kappa shape index (κ1) is 19.7. The lowest BCUT2D eigenvalue weighted by Crippen LogP contribution is -2.40. The Kier molecular flexibility index (Phi) is 6.19. The molecule has 148 valence electrons. The molecule has 0 aromatic heterocycles. The van der Waals surface area contributed by atoms with E-state index in [4.69, 9.17) is 9.84 Å². The summed E-state index contributed by atoms with van der Waals surface area (Å²) in [6, 6.07) is 15.8. The maximum Gasteiger partial charge on any atom is 0.505 e. The lowest BCUT2D eigenvalue weighted by Gasteiger charge is -2.20. The van der Waals surface area contributed by atoms with Crippen LogP contribution in [-0.2, 0) is 9.47 Å². The third kappa shape index (κ3) is 4.63. The van der Waals surface area contributed by atoms with E-state index >= 15 is 0 Å². The number of carbonyl (C=O) groups is 2. The van der Waals surface area contributed by atoms with Gasteiger partial charge in [-0.1, -0.05) is 62.4 Å². The first-order chi connectivity index (χ1) is 13.5. The summed E-state index contributed by atoms with van der Waals surface area (Å²) >= 11 is 0. The number of nitrogens with one attached hydrogen (secondary N) is 1. The molecule has 0 unspecified atom stereocenters. The number of benzene rings is 2. The van der Waals surface area contributed by atoms with Gasteiger partial charge in [-0.25, -0.2) is 9.59 Å². The van der Waals surface area contributed by atoms with Crippen LogP contribution in [0.2, 0.25) is 0 Å². The quantitative estimate of drug-likeness (QED) is 0.681. The van der Waals surface area contributed by atoms with E-state index in [2.05, 4.69) is 34.3 Å². The normalized spacial score (nSPS) is 13.5. The number of amides is 1. The van der Waals surface area contributed by atoms with Crippen molar-refractivity contribution in [3.8, 4) is 11.1 Å². The Balaban J connectivity index is 1.64. The topological polar surface area (TPSA) is 84.9 Å². The van der Waals surface area contributed by atoms with Crippen molar-refractivity contribution in [2.75, 3.05) is 13.2 Å². The molecular weight excluding hydrogens is 358 g/mol. The maximum atomic E-state index is 12.3. The van der Waals surface area contributed by atoms with Gasteiger partial charge in [0.15, 0.2) is 0 Å². The summed E-state index contributed by atoms with van der Waals surface area (Å²) in [6.07, 6.45) is -1.33. The molecule has 28 heavy (non-hydrogen) atoms. The van der Waals surface area contributed by atoms with Crippen LogP contribution in [0.4, 0.5) is 9.59 Å². The van der Waals surface area contributed by atoms with E-state index in [0.717, 1.165) is 11.1 Å². The van der Waals surface area contributed by atoms with Gasteiger partial charge in [-0.15, -0.1) is 0 Å². The van der Waals surface area contributed by atoms with Gasteiger partial charge in [-0.05, 0) is 34.6 Å². The molecule has 2 aromatic carbocycles. The van der Waals surface area contributed by atoms with Gasteiger partial charge in [0.2, 0.25) is 0 Å². The lowest BCUT2D eigenvalue weighted by atomic mass is 9.98. The van der Waals surface area contributed by atoms with Crippen LogP contribution in [0.3, 0.4) is 0 Å². The number of hydrogen-bond donors (Lipinski definition) is 2. The number of hydrogen-bond acceptors (Lipinski definition) is 4. The predicted molar refractivity (Wildman–Crippen MR) is 105 cm³/mol. The van der Waals surface area contributed by atoms with E-state index < -0.39 is 18.3 Å². The van der Waals surface area contributed by atoms with Gasteiger partial charge in [-0.3, -0.25) is 0 Å². The Morgan fingerprint density at radius 2 is 1.57 bits per heavy atom. The van der Waals surface area contributed by atoms with Gasteiger partial charge in [0, 0.05) is 5.92 Å². The summed E-state index contributed by atoms with van der Waals surface area (Å²) < 4.78 is 10.1. The fourth-order valence-electron chi connectivity index (χ4n) is 3.72. The minimum Gasteiger partial charge on any atom is -0.450 e. The Morgan fingerprint density at radius 1 is 1.00 bits per heavy atom. The first-order valence-corrected chi connectivity index (χ1v) is 9.43. The molecule has 0 spiro atoms. The molecule has 0 saturated carbocycles. The van der Waals surface area contributed by atoms with Crippen LogP contribution in [0.25, 0.3) is 11.1 Å². The van der Waals surface area contributed by atoms with Crippen molar-refractivity contribution in [3.05, 3.63) is 59.7 Å². The van der Waals surface area contributed by atoms with Crippen molar-refractivity contribution in [3.63, 3.8) is 0 Å². The zero-order valence-corrected chi connectivity index (χ0v) is 16.1. The fourth-order valence-corrected chi connectivity index (χ4v) is 3.72. The second-order valence-corrected chi connectivity index (χ2v) is 7.37. The largest absolute Gasteiger partial charge is 0.505 e. The summed E-state index contributed by atoms with van der Waals surface area (Å²) in [4.78, 5) is 23.0. The van der Waals surface area contributed by atoms with E-state index in [1.807, 2.05) is 38.1 Å². The summed E-state index contributed by atoms with van der Waals surface area (Å²) in [7, 11) is 0. The van der Waals surface area contributed by atoms with Gasteiger partial charge in [0.1, 0.15) is 13.2 Å². The van der Waals surface area contributed by atoms with Crippen LogP contribution in [0.15, 0.2) is 48.5 Å². The van der Waals surface area contributed by atoms with Crippen LogP contribution in [-0.4, -0.2) is 36.6 Å². The average Bonchev–Trinajstić information content (AvgIpc) is 2.98. The number of carboxylic acid groups (broad SMARTS) is 1. The SMILES string of the molecule is CC(C)C[C@@H](COC(=O)O)NC(=O)OCC1c2ccccc2-c2ccccc21. The van der Waals surface area contributed by atoms with Crippen molar-refractivity contribution < 1.29 is 24.2 Å². The van der Waals surface area contributed by atoms with Gasteiger partial charge >= 0.3 is 12.2 Å². The Labute approximate surface area is 164 Å². The molecule has 6 heteroatoms. The second-order valence-electron chi connectivity index (χ2n) is 7.37. The number of fused-ring (bicyclic) bond motifs is 3. The molecule has 6 nitrogen and oxygen atoms in total. The third-order valence-corrected chi connectivity index (χ3v) is 4.83. The van der Waals surface area contributed by atoms with Crippen molar-refractivity contribution in [1.82, 2.24) is 5.32 Å². The molecule has 1 aliphatic carbocycles. The molecule has 2 N–H and O–H groups in total. The molecule has 0 aliphatic heterocycles. The number of alkyl carbamates (subject to hydrolysis) is 1. The number of ether oxygens (including phenoxy) is 2. The van der Waals surface area contributed by atoms with E-state index in [1.165, 1.54) is 11.1 Å². The van der Waals surface area contributed by atoms with Crippen LogP contribution in [0, 0.1) is 5.92 Å². The Bertz CT molecular complexity index is 803. The first-order valence-electron chi connectivity index (χ1n) is 9.43. The van der Waals surface area contributed by atoms with Crippen molar-refractivity contribution in [1.29, 1.82) is 0 Å². The van der Waals surface area contributed by atoms with E-state index in [9.17, 15) is 9.59 Å². The van der Waals surface area contributed by atoms with Gasteiger partial charge in [-0.2, -0.15) is 0 Å². The Morgan fingerprint density at radius 3 is 2.11 bits per heavy atom. The monoisotopic (exact) mass is 383 g/mol. The van der Waals surface area contributed by atoms with Gasteiger partial charge in [0.05, 0.1) is 6.04 Å². The summed E-state index contributed by atoms with van der Waals surface area (Å²) in [5, 5.41) is 11.4. The minimum absolute atomic E-state index is 0.0167. The molecule has 0 bridgehead atoms. The van der Waals surface area contributed by atoms with Crippen LogP contribution in [0.1, 0.15) is 37.3 Å². The standard InChI is InChI=1S/C22H25NO5/c1-14(2)11-15(12-28-22(25)26)23-21(24)27-13-20-18-9-5-3-7-16(18)17-8-4-6-10-19(17)20/h3-10,14-15,20H,11-13H2,1-2H3,(H,23,24)(H,25,26)/t15-/m0/s1. The third-order valence-electron chi connectivity index (χ3n) is 4.83. The number of rotatable bonds is 7. The minimum atomic E-state index is -1.36. The molecule has 1 atom stereocenters. The molecule has 3 rings (SSSR count).